The fourth-order valence-electron chi connectivity index (χ4n) is 2.32. The summed E-state index contributed by atoms with van der Waals surface area (Å²) < 4.78 is 0.979. The van der Waals surface area contributed by atoms with E-state index < -0.39 is 0 Å². The van der Waals surface area contributed by atoms with Crippen LogP contribution < -0.4 is 5.32 Å². The molecule has 0 aliphatic carbocycles. The van der Waals surface area contributed by atoms with Crippen LogP contribution >= 0.6 is 22.7 Å². The summed E-state index contributed by atoms with van der Waals surface area (Å²) in [7, 11) is 3.79. The van der Waals surface area contributed by atoms with Gasteiger partial charge in [0.05, 0.1) is 10.2 Å². The number of carbonyl (C=O) groups excluding carboxylic acids is 1. The summed E-state index contributed by atoms with van der Waals surface area (Å²) in [6.07, 6.45) is 3.56. The third kappa shape index (κ3) is 2.87. The molecule has 0 saturated heterocycles. The smallest absolute Gasteiger partial charge is 0.248 e. The van der Waals surface area contributed by atoms with Crippen LogP contribution in [0.3, 0.4) is 0 Å². The molecule has 7 heteroatoms. The number of likely N-dealkylation sites (N-methyl/N-ethyl adjacent to an activating group) is 1. The number of pyridine rings is 1. The maximum absolute atomic E-state index is 12.6. The van der Waals surface area contributed by atoms with E-state index in [4.69, 9.17) is 0 Å². The van der Waals surface area contributed by atoms with Crippen LogP contribution in [-0.4, -0.2) is 34.9 Å². The molecule has 3 aromatic rings. The molecular formula is C15H16N4OS2. The molecule has 0 spiro atoms. The van der Waals surface area contributed by atoms with Gasteiger partial charge in [0.15, 0.2) is 5.13 Å². The van der Waals surface area contributed by atoms with Crippen LogP contribution in [0, 0.1) is 6.92 Å². The average molecular weight is 332 g/mol. The molecular weight excluding hydrogens is 316 g/mol. The number of rotatable bonds is 4. The molecule has 3 aromatic heterocycles. The molecule has 1 atom stereocenters. The number of hydrogen-bond acceptors (Lipinski definition) is 6. The lowest BCUT2D eigenvalue weighted by atomic mass is 10.1. The number of nitrogens with zero attached hydrogens (tertiary/aromatic N) is 3. The molecule has 0 bridgehead atoms. The Balaban J connectivity index is 1.87. The molecule has 1 N–H and O–H groups in total. The van der Waals surface area contributed by atoms with Crippen molar-refractivity contribution < 1.29 is 4.79 Å². The number of amides is 1. The van der Waals surface area contributed by atoms with Crippen molar-refractivity contribution in [2.75, 3.05) is 19.4 Å². The van der Waals surface area contributed by atoms with Crippen LogP contribution in [0.1, 0.15) is 17.2 Å². The maximum atomic E-state index is 12.6. The summed E-state index contributed by atoms with van der Waals surface area (Å²) in [5, 5.41) is 7.52. The Morgan fingerprint density at radius 1 is 1.36 bits per heavy atom. The quantitative estimate of drug-likeness (QED) is 0.796. The first kappa shape index (κ1) is 15.1. The number of thiophene rings is 1. The van der Waals surface area contributed by atoms with Gasteiger partial charge in [0.25, 0.3) is 0 Å². The highest BCUT2D eigenvalue weighted by Gasteiger charge is 2.24. The van der Waals surface area contributed by atoms with Gasteiger partial charge in [-0.15, -0.1) is 0 Å². The first-order valence-electron chi connectivity index (χ1n) is 6.77. The Bertz CT molecular complexity index is 795. The molecule has 0 aliphatic heterocycles. The number of fused-ring (bicyclic) bond motifs is 1. The van der Waals surface area contributed by atoms with Crippen molar-refractivity contribution in [2.45, 2.75) is 13.0 Å². The molecule has 0 saturated carbocycles. The normalized spacial score (nSPS) is 12.7. The Morgan fingerprint density at radius 2 is 2.18 bits per heavy atom. The fraction of sp³-hybridized carbons (Fsp3) is 0.267. The molecule has 0 aromatic carbocycles. The van der Waals surface area contributed by atoms with Crippen LogP contribution in [0.5, 0.6) is 0 Å². The van der Waals surface area contributed by atoms with E-state index >= 15 is 0 Å². The van der Waals surface area contributed by atoms with Crippen molar-refractivity contribution in [3.8, 4) is 0 Å². The van der Waals surface area contributed by atoms with Gasteiger partial charge in [-0.1, -0.05) is 11.3 Å². The molecule has 114 valence electrons. The van der Waals surface area contributed by atoms with Crippen molar-refractivity contribution in [3.05, 3.63) is 40.3 Å². The van der Waals surface area contributed by atoms with E-state index in [1.807, 2.05) is 42.7 Å². The third-order valence-corrected chi connectivity index (χ3v) is 4.95. The minimum atomic E-state index is -0.322. The zero-order valence-electron chi connectivity index (χ0n) is 12.5. The number of anilines is 1. The van der Waals surface area contributed by atoms with E-state index in [0.717, 1.165) is 21.3 Å². The Kier molecular flexibility index (Phi) is 4.19. The first-order valence-corrected chi connectivity index (χ1v) is 8.52. The van der Waals surface area contributed by atoms with Crippen LogP contribution in [-0.2, 0) is 4.79 Å². The van der Waals surface area contributed by atoms with Crippen molar-refractivity contribution in [1.29, 1.82) is 0 Å². The standard InChI is InChI=1S/C15H16N4OS2/c1-9-6-16-7-11-12(9)17-15(22-11)18-14(20)13(19(2)3)10-4-5-21-8-10/h4-8,13H,1-3H3,(H,17,18,20). The summed E-state index contributed by atoms with van der Waals surface area (Å²) in [5.41, 5.74) is 2.90. The summed E-state index contributed by atoms with van der Waals surface area (Å²) in [6.45, 7) is 1.97. The predicted octanol–water partition coefficient (Wildman–Crippen LogP) is 3.30. The predicted molar refractivity (Wildman–Crippen MR) is 91.5 cm³/mol. The summed E-state index contributed by atoms with van der Waals surface area (Å²) >= 11 is 3.03. The zero-order valence-corrected chi connectivity index (χ0v) is 14.2. The maximum Gasteiger partial charge on any atom is 0.248 e. The van der Waals surface area contributed by atoms with E-state index in [9.17, 15) is 4.79 Å². The zero-order chi connectivity index (χ0) is 15.7. The second-order valence-corrected chi connectivity index (χ2v) is 7.04. The molecule has 1 unspecified atom stereocenters. The van der Waals surface area contributed by atoms with Crippen molar-refractivity contribution in [2.24, 2.45) is 0 Å². The number of thiazole rings is 1. The van der Waals surface area contributed by atoms with Gasteiger partial charge in [0.2, 0.25) is 5.91 Å². The molecule has 0 aliphatic rings. The van der Waals surface area contributed by atoms with Crippen molar-refractivity contribution in [1.82, 2.24) is 14.9 Å². The first-order chi connectivity index (χ1) is 10.6. The minimum absolute atomic E-state index is 0.0759. The van der Waals surface area contributed by atoms with Gasteiger partial charge >= 0.3 is 0 Å². The number of carbonyl (C=O) groups is 1. The van der Waals surface area contributed by atoms with Gasteiger partial charge in [0, 0.05) is 12.4 Å². The number of nitrogens with one attached hydrogen (secondary N) is 1. The topological polar surface area (TPSA) is 58.1 Å². The summed E-state index contributed by atoms with van der Waals surface area (Å²) in [5.74, 6) is -0.0759. The molecule has 22 heavy (non-hydrogen) atoms. The number of hydrogen-bond donors (Lipinski definition) is 1. The molecule has 3 heterocycles. The second-order valence-electron chi connectivity index (χ2n) is 5.23. The molecule has 5 nitrogen and oxygen atoms in total. The van der Waals surface area contributed by atoms with Gasteiger partial charge in [-0.3, -0.25) is 14.7 Å². The highest BCUT2D eigenvalue weighted by molar-refractivity contribution is 7.22. The van der Waals surface area contributed by atoms with Gasteiger partial charge in [0.1, 0.15) is 6.04 Å². The van der Waals surface area contributed by atoms with E-state index in [0.29, 0.717) is 5.13 Å². The highest BCUT2D eigenvalue weighted by Crippen LogP contribution is 2.29. The second kappa shape index (κ2) is 6.12. The number of aryl methyl sites for hydroxylation is 1. The third-order valence-electron chi connectivity index (χ3n) is 3.34. The average Bonchev–Trinajstić information content (AvgIpc) is 3.08. The van der Waals surface area contributed by atoms with E-state index in [-0.39, 0.29) is 11.9 Å². The fourth-order valence-corrected chi connectivity index (χ4v) is 3.91. The lowest BCUT2D eigenvalue weighted by Crippen LogP contribution is -2.31. The highest BCUT2D eigenvalue weighted by atomic mass is 32.1. The lowest BCUT2D eigenvalue weighted by molar-refractivity contribution is -0.120. The molecule has 0 fully saturated rings. The SMILES string of the molecule is Cc1cncc2sc(NC(=O)C(c3ccsc3)N(C)C)nc12. The summed E-state index contributed by atoms with van der Waals surface area (Å²) in [4.78, 5) is 23.2. The molecule has 0 radical (unpaired) electrons. The lowest BCUT2D eigenvalue weighted by Gasteiger charge is -2.21. The van der Waals surface area contributed by atoms with Crippen LogP contribution in [0.4, 0.5) is 5.13 Å². The Labute approximate surface area is 136 Å². The van der Waals surface area contributed by atoms with Gasteiger partial charge in [-0.05, 0) is 49.0 Å². The van der Waals surface area contributed by atoms with Gasteiger partial charge in [-0.2, -0.15) is 11.3 Å². The monoisotopic (exact) mass is 332 g/mol. The van der Waals surface area contributed by atoms with Crippen LogP contribution in [0.2, 0.25) is 0 Å². The largest absolute Gasteiger partial charge is 0.300 e. The Morgan fingerprint density at radius 3 is 2.82 bits per heavy atom. The van der Waals surface area contributed by atoms with Crippen LogP contribution in [0.15, 0.2) is 29.2 Å². The van der Waals surface area contributed by atoms with E-state index in [1.165, 1.54) is 11.3 Å². The Hall–Kier alpha value is -1.83. The molecule has 3 rings (SSSR count). The van der Waals surface area contributed by atoms with Crippen molar-refractivity contribution >= 4 is 43.9 Å². The van der Waals surface area contributed by atoms with Gasteiger partial charge in [-0.25, -0.2) is 4.98 Å². The number of aromatic nitrogens is 2. The van der Waals surface area contributed by atoms with Crippen molar-refractivity contribution in [3.63, 3.8) is 0 Å². The van der Waals surface area contributed by atoms with Crippen LogP contribution in [0.25, 0.3) is 10.2 Å². The van der Waals surface area contributed by atoms with Gasteiger partial charge < -0.3 is 5.32 Å². The summed E-state index contributed by atoms with van der Waals surface area (Å²) in [6, 6.07) is 1.65. The minimum Gasteiger partial charge on any atom is -0.300 e. The molecule has 1 amide bonds. The van der Waals surface area contributed by atoms with E-state index in [2.05, 4.69) is 15.3 Å². The van der Waals surface area contributed by atoms with E-state index in [1.54, 1.807) is 23.7 Å².